The van der Waals surface area contributed by atoms with Gasteiger partial charge in [0, 0.05) is 5.69 Å². The number of amides is 3. The van der Waals surface area contributed by atoms with E-state index in [1.165, 1.54) is 6.07 Å². The number of nitrogens with two attached hydrogens (primary N) is 1. The zero-order valence-corrected chi connectivity index (χ0v) is 12.2. The molecule has 1 unspecified atom stereocenters. The molecule has 8 heteroatoms. The SMILES string of the molecule is Cc1cc(NC(=O)C(CC(C)C)NC(N)=O)c(C(=O)O)[nH]1. The quantitative estimate of drug-likeness (QED) is 0.535. The minimum absolute atomic E-state index is 0.108. The van der Waals surface area contributed by atoms with Crippen LogP contribution in [-0.4, -0.2) is 34.0 Å². The maximum Gasteiger partial charge on any atom is 0.354 e. The number of hydrogen-bond acceptors (Lipinski definition) is 3. The van der Waals surface area contributed by atoms with Crippen LogP contribution < -0.4 is 16.4 Å². The van der Waals surface area contributed by atoms with Crippen molar-refractivity contribution in [2.24, 2.45) is 11.7 Å². The Balaban J connectivity index is 2.90. The van der Waals surface area contributed by atoms with Crippen molar-refractivity contribution in [2.45, 2.75) is 33.2 Å². The van der Waals surface area contributed by atoms with Gasteiger partial charge in [-0.1, -0.05) is 13.8 Å². The van der Waals surface area contributed by atoms with Gasteiger partial charge in [-0.25, -0.2) is 9.59 Å². The van der Waals surface area contributed by atoms with Gasteiger partial charge in [-0.05, 0) is 25.3 Å². The highest BCUT2D eigenvalue weighted by Crippen LogP contribution is 2.18. The summed E-state index contributed by atoms with van der Waals surface area (Å²) in [7, 11) is 0. The molecule has 3 amide bonds. The topological polar surface area (TPSA) is 137 Å². The summed E-state index contributed by atoms with van der Waals surface area (Å²) < 4.78 is 0. The minimum atomic E-state index is -1.18. The number of hydrogen-bond donors (Lipinski definition) is 5. The first-order valence-corrected chi connectivity index (χ1v) is 6.50. The molecule has 1 aromatic heterocycles. The number of carbonyl (C=O) groups is 3. The molecule has 1 heterocycles. The fraction of sp³-hybridized carbons (Fsp3) is 0.462. The fourth-order valence-corrected chi connectivity index (χ4v) is 1.95. The number of carbonyl (C=O) groups excluding carboxylic acids is 2. The maximum absolute atomic E-state index is 12.2. The second kappa shape index (κ2) is 6.78. The lowest BCUT2D eigenvalue weighted by Crippen LogP contribution is -2.46. The molecule has 0 saturated heterocycles. The molecule has 1 rings (SSSR count). The predicted octanol–water partition coefficient (Wildman–Crippen LogP) is 1.04. The highest BCUT2D eigenvalue weighted by molar-refractivity contribution is 6.02. The van der Waals surface area contributed by atoms with Gasteiger partial charge in [0.05, 0.1) is 5.69 Å². The molecule has 0 aromatic carbocycles. The number of carboxylic acids is 1. The van der Waals surface area contributed by atoms with Gasteiger partial charge in [0.1, 0.15) is 11.7 Å². The van der Waals surface area contributed by atoms with Crippen molar-refractivity contribution in [1.29, 1.82) is 0 Å². The van der Waals surface area contributed by atoms with E-state index in [0.717, 1.165) is 0 Å². The van der Waals surface area contributed by atoms with Gasteiger partial charge in [0.15, 0.2) is 0 Å². The van der Waals surface area contributed by atoms with Crippen LogP contribution in [0, 0.1) is 12.8 Å². The van der Waals surface area contributed by atoms with E-state index in [1.54, 1.807) is 6.92 Å². The third kappa shape index (κ3) is 4.83. The smallest absolute Gasteiger partial charge is 0.354 e. The van der Waals surface area contributed by atoms with E-state index >= 15 is 0 Å². The highest BCUT2D eigenvalue weighted by Gasteiger charge is 2.23. The standard InChI is InChI=1S/C13H20N4O4/c1-6(2)4-9(17-13(14)21)11(18)16-8-5-7(3)15-10(8)12(19)20/h5-6,9,15H,4H2,1-3H3,(H,16,18)(H,19,20)(H3,14,17,21). The van der Waals surface area contributed by atoms with E-state index in [0.29, 0.717) is 12.1 Å². The predicted molar refractivity (Wildman–Crippen MR) is 77.1 cm³/mol. The number of nitrogens with one attached hydrogen (secondary N) is 3. The van der Waals surface area contributed by atoms with Gasteiger partial charge in [-0.15, -0.1) is 0 Å². The van der Waals surface area contributed by atoms with Crippen LogP contribution in [0.25, 0.3) is 0 Å². The first-order chi connectivity index (χ1) is 9.70. The molecule has 0 aliphatic heterocycles. The van der Waals surface area contributed by atoms with Gasteiger partial charge < -0.3 is 26.5 Å². The monoisotopic (exact) mass is 296 g/mol. The Labute approximate surface area is 122 Å². The Hall–Kier alpha value is -2.51. The van der Waals surface area contributed by atoms with Crippen molar-refractivity contribution in [1.82, 2.24) is 10.3 Å². The molecular weight excluding hydrogens is 276 g/mol. The molecule has 0 radical (unpaired) electrons. The maximum atomic E-state index is 12.2. The van der Waals surface area contributed by atoms with Gasteiger partial charge in [0.2, 0.25) is 5.91 Å². The second-order valence-electron chi connectivity index (χ2n) is 5.23. The Bertz CT molecular complexity index is 550. The van der Waals surface area contributed by atoms with Crippen molar-refractivity contribution in [2.75, 3.05) is 5.32 Å². The molecule has 1 atom stereocenters. The summed E-state index contributed by atoms with van der Waals surface area (Å²) in [5.41, 5.74) is 5.70. The molecule has 0 saturated carbocycles. The minimum Gasteiger partial charge on any atom is -0.477 e. The van der Waals surface area contributed by atoms with Crippen molar-refractivity contribution in [3.63, 3.8) is 0 Å². The lowest BCUT2D eigenvalue weighted by atomic mass is 10.0. The first kappa shape index (κ1) is 16.5. The number of aryl methyl sites for hydroxylation is 1. The molecule has 0 fully saturated rings. The number of primary amides is 1. The van der Waals surface area contributed by atoms with E-state index in [1.807, 2.05) is 13.8 Å². The Kier molecular flexibility index (Phi) is 5.34. The lowest BCUT2D eigenvalue weighted by molar-refractivity contribution is -0.118. The van der Waals surface area contributed by atoms with Crippen LogP contribution in [-0.2, 0) is 4.79 Å². The number of aromatic amines is 1. The van der Waals surface area contributed by atoms with Crippen LogP contribution in [0.15, 0.2) is 6.07 Å². The number of anilines is 1. The average Bonchev–Trinajstić information content (AvgIpc) is 2.68. The van der Waals surface area contributed by atoms with Crippen LogP contribution in [0.5, 0.6) is 0 Å². The van der Waals surface area contributed by atoms with Crippen LogP contribution in [0.2, 0.25) is 0 Å². The molecule has 21 heavy (non-hydrogen) atoms. The van der Waals surface area contributed by atoms with Gasteiger partial charge in [-0.2, -0.15) is 0 Å². The fourth-order valence-electron chi connectivity index (χ4n) is 1.95. The van der Waals surface area contributed by atoms with Gasteiger partial charge in [-0.3, -0.25) is 4.79 Å². The normalized spacial score (nSPS) is 12.0. The molecule has 116 valence electrons. The Morgan fingerprint density at radius 2 is 2.00 bits per heavy atom. The van der Waals surface area contributed by atoms with Crippen LogP contribution in [0.1, 0.15) is 36.5 Å². The van der Waals surface area contributed by atoms with Crippen molar-refractivity contribution >= 4 is 23.6 Å². The molecule has 1 aromatic rings. The Morgan fingerprint density at radius 1 is 1.38 bits per heavy atom. The number of urea groups is 1. The zero-order valence-electron chi connectivity index (χ0n) is 12.2. The van der Waals surface area contributed by atoms with E-state index in [2.05, 4.69) is 15.6 Å². The summed E-state index contributed by atoms with van der Waals surface area (Å²) in [6.45, 7) is 5.47. The number of aromatic carboxylic acids is 1. The summed E-state index contributed by atoms with van der Waals surface area (Å²) in [6, 6.07) is -0.114. The third-order valence-electron chi connectivity index (χ3n) is 2.76. The summed E-state index contributed by atoms with van der Waals surface area (Å²) in [6.07, 6.45) is 0.389. The van der Waals surface area contributed by atoms with Crippen molar-refractivity contribution < 1.29 is 19.5 Å². The van der Waals surface area contributed by atoms with Gasteiger partial charge >= 0.3 is 12.0 Å². The van der Waals surface area contributed by atoms with E-state index in [4.69, 9.17) is 10.8 Å². The van der Waals surface area contributed by atoms with Crippen LogP contribution in [0.3, 0.4) is 0 Å². The van der Waals surface area contributed by atoms with Crippen LogP contribution >= 0.6 is 0 Å². The molecule has 0 aliphatic rings. The third-order valence-corrected chi connectivity index (χ3v) is 2.76. The van der Waals surface area contributed by atoms with Gasteiger partial charge in [0.25, 0.3) is 0 Å². The lowest BCUT2D eigenvalue weighted by Gasteiger charge is -2.18. The molecule has 0 bridgehead atoms. The molecule has 8 nitrogen and oxygen atoms in total. The van der Waals surface area contributed by atoms with Crippen molar-refractivity contribution in [3.05, 3.63) is 17.5 Å². The molecule has 0 spiro atoms. The summed E-state index contributed by atoms with van der Waals surface area (Å²) in [5.74, 6) is -1.54. The van der Waals surface area contributed by atoms with E-state index in [-0.39, 0.29) is 17.3 Å². The summed E-state index contributed by atoms with van der Waals surface area (Å²) in [4.78, 5) is 36.9. The number of rotatable bonds is 6. The molecule has 0 aliphatic carbocycles. The largest absolute Gasteiger partial charge is 0.477 e. The zero-order chi connectivity index (χ0) is 16.2. The summed E-state index contributed by atoms with van der Waals surface area (Å²) >= 11 is 0. The summed E-state index contributed by atoms with van der Waals surface area (Å²) in [5, 5.41) is 13.9. The average molecular weight is 296 g/mol. The van der Waals surface area contributed by atoms with E-state index in [9.17, 15) is 14.4 Å². The second-order valence-corrected chi connectivity index (χ2v) is 5.23. The number of aromatic nitrogens is 1. The van der Waals surface area contributed by atoms with E-state index < -0.39 is 23.9 Å². The number of H-pyrrole nitrogens is 1. The van der Waals surface area contributed by atoms with Crippen LogP contribution in [0.4, 0.5) is 10.5 Å². The molecule has 6 N–H and O–H groups in total. The first-order valence-electron chi connectivity index (χ1n) is 6.50. The Morgan fingerprint density at radius 3 is 2.48 bits per heavy atom. The van der Waals surface area contributed by atoms with Crippen molar-refractivity contribution in [3.8, 4) is 0 Å². The molecular formula is C13H20N4O4. The number of carboxylic acid groups (broad SMARTS) is 1. The highest BCUT2D eigenvalue weighted by atomic mass is 16.4.